The van der Waals surface area contributed by atoms with Gasteiger partial charge in [0, 0.05) is 0 Å². The summed E-state index contributed by atoms with van der Waals surface area (Å²) in [6.07, 6.45) is 0.768. The molecule has 0 bridgehead atoms. The van der Waals surface area contributed by atoms with Gasteiger partial charge >= 0.3 is 5.92 Å². The first-order valence-corrected chi connectivity index (χ1v) is 6.95. The van der Waals surface area contributed by atoms with Gasteiger partial charge in [-0.2, -0.15) is 8.78 Å². The van der Waals surface area contributed by atoms with Crippen LogP contribution in [0.15, 0.2) is 42.2 Å². The first kappa shape index (κ1) is 16.6. The molecule has 0 saturated carbocycles. The van der Waals surface area contributed by atoms with Crippen molar-refractivity contribution < 1.29 is 18.6 Å². The van der Waals surface area contributed by atoms with Crippen molar-refractivity contribution in [1.29, 1.82) is 0 Å². The zero-order chi connectivity index (χ0) is 15.0. The molecule has 1 N–H and O–H groups in total. The average molecular weight is 284 g/mol. The molecule has 0 aliphatic carbocycles. The molecule has 0 aliphatic rings. The minimum Gasteiger partial charge on any atom is -0.492 e. The molecule has 0 heterocycles. The fourth-order valence-corrected chi connectivity index (χ4v) is 1.88. The molecule has 2 nitrogen and oxygen atoms in total. The van der Waals surface area contributed by atoms with E-state index in [1.165, 1.54) is 13.0 Å². The van der Waals surface area contributed by atoms with Crippen LogP contribution in [-0.2, 0) is 11.2 Å². The van der Waals surface area contributed by atoms with Crippen LogP contribution in [0.4, 0.5) is 8.78 Å². The number of aliphatic hydroxyl groups is 1. The number of hydrogen-bond donors (Lipinski definition) is 1. The summed E-state index contributed by atoms with van der Waals surface area (Å²) >= 11 is 0. The first-order chi connectivity index (χ1) is 9.52. The van der Waals surface area contributed by atoms with Gasteiger partial charge in [-0.1, -0.05) is 37.3 Å². The molecule has 0 aliphatic heterocycles. The average Bonchev–Trinajstić information content (AvgIpc) is 2.46. The topological polar surface area (TPSA) is 29.5 Å². The van der Waals surface area contributed by atoms with E-state index < -0.39 is 17.8 Å². The van der Waals surface area contributed by atoms with Crippen molar-refractivity contribution in [3.63, 3.8) is 0 Å². The molecule has 1 aromatic carbocycles. The predicted molar refractivity (Wildman–Crippen MR) is 75.7 cm³/mol. The fourth-order valence-electron chi connectivity index (χ4n) is 1.88. The van der Waals surface area contributed by atoms with Crippen molar-refractivity contribution in [3.05, 3.63) is 47.7 Å². The molecule has 1 unspecified atom stereocenters. The van der Waals surface area contributed by atoms with Crippen molar-refractivity contribution in [2.45, 2.75) is 45.1 Å². The molecule has 0 saturated heterocycles. The van der Waals surface area contributed by atoms with E-state index in [0.717, 1.165) is 5.56 Å². The van der Waals surface area contributed by atoms with Gasteiger partial charge in [0.2, 0.25) is 0 Å². The van der Waals surface area contributed by atoms with Crippen LogP contribution in [0.5, 0.6) is 0 Å². The number of alkyl halides is 2. The van der Waals surface area contributed by atoms with Crippen LogP contribution in [0.2, 0.25) is 0 Å². The number of hydrogen-bond acceptors (Lipinski definition) is 2. The summed E-state index contributed by atoms with van der Waals surface area (Å²) < 4.78 is 32.9. The van der Waals surface area contributed by atoms with Crippen LogP contribution in [0.1, 0.15) is 32.3 Å². The minimum atomic E-state index is -3.33. The van der Waals surface area contributed by atoms with Crippen molar-refractivity contribution in [2.24, 2.45) is 0 Å². The van der Waals surface area contributed by atoms with E-state index in [2.05, 4.69) is 0 Å². The molecule has 4 heteroatoms. The number of aliphatic hydroxyl groups excluding tert-OH is 1. The highest BCUT2D eigenvalue weighted by Gasteiger charge is 2.42. The van der Waals surface area contributed by atoms with Gasteiger partial charge in [0.05, 0.1) is 6.61 Å². The fraction of sp³-hybridized carbons (Fsp3) is 0.500. The monoisotopic (exact) mass is 284 g/mol. The molecular weight excluding hydrogens is 262 g/mol. The number of rotatable bonds is 8. The Kier molecular flexibility index (Phi) is 6.65. The van der Waals surface area contributed by atoms with Crippen LogP contribution in [-0.4, -0.2) is 23.7 Å². The van der Waals surface area contributed by atoms with Crippen LogP contribution in [0.3, 0.4) is 0 Å². The van der Waals surface area contributed by atoms with E-state index >= 15 is 0 Å². The van der Waals surface area contributed by atoms with Gasteiger partial charge in [-0.25, -0.2) is 0 Å². The molecular formula is C16H22F2O2. The second-order valence-electron chi connectivity index (χ2n) is 4.57. The predicted octanol–water partition coefficient (Wildman–Crippen LogP) is 3.95. The van der Waals surface area contributed by atoms with Gasteiger partial charge in [-0.05, 0) is 37.8 Å². The summed E-state index contributed by atoms with van der Waals surface area (Å²) in [7, 11) is 0. The van der Waals surface area contributed by atoms with Gasteiger partial charge in [-0.15, -0.1) is 0 Å². The van der Waals surface area contributed by atoms with Gasteiger partial charge in [0.15, 0.2) is 5.76 Å². The molecule has 1 aromatic rings. The van der Waals surface area contributed by atoms with Crippen molar-refractivity contribution in [2.75, 3.05) is 6.61 Å². The maximum absolute atomic E-state index is 14.0. The quantitative estimate of drug-likeness (QED) is 0.733. The molecule has 0 aromatic heterocycles. The molecule has 0 amide bonds. The molecule has 112 valence electrons. The number of halogens is 2. The molecule has 1 atom stereocenters. The van der Waals surface area contributed by atoms with E-state index in [1.54, 1.807) is 6.92 Å². The van der Waals surface area contributed by atoms with Gasteiger partial charge < -0.3 is 9.84 Å². The largest absolute Gasteiger partial charge is 0.492 e. The summed E-state index contributed by atoms with van der Waals surface area (Å²) in [5.74, 6) is -3.76. The van der Waals surface area contributed by atoms with Crippen molar-refractivity contribution in [3.8, 4) is 0 Å². The Morgan fingerprint density at radius 1 is 1.30 bits per heavy atom. The lowest BCUT2D eigenvalue weighted by molar-refractivity contribution is -0.112. The highest BCUT2D eigenvalue weighted by Crippen LogP contribution is 2.31. The maximum Gasteiger partial charge on any atom is 0.328 e. The molecule has 1 rings (SSSR count). The van der Waals surface area contributed by atoms with Gasteiger partial charge in [0.1, 0.15) is 6.10 Å². The summed E-state index contributed by atoms with van der Waals surface area (Å²) in [6, 6.07) is 9.65. The molecule has 0 spiro atoms. The van der Waals surface area contributed by atoms with E-state index in [4.69, 9.17) is 4.74 Å². The third-order valence-electron chi connectivity index (χ3n) is 3.04. The standard InChI is InChI=1S/C16H22F2O2/c1-3-14(19)16(17,18)15(20-4-2)12-8-11-13-9-6-5-7-10-13/h5-7,9-10,12,14,19H,3-4,8,11H2,1-2H3/b15-12-. The highest BCUT2D eigenvalue weighted by molar-refractivity contribution is 5.16. The second kappa shape index (κ2) is 8.00. The summed E-state index contributed by atoms with van der Waals surface area (Å²) in [6.45, 7) is 3.33. The highest BCUT2D eigenvalue weighted by atomic mass is 19.3. The third-order valence-corrected chi connectivity index (χ3v) is 3.04. The Hall–Kier alpha value is -1.42. The first-order valence-electron chi connectivity index (χ1n) is 6.95. The van der Waals surface area contributed by atoms with Crippen LogP contribution >= 0.6 is 0 Å². The smallest absolute Gasteiger partial charge is 0.328 e. The molecule has 0 fully saturated rings. The van der Waals surface area contributed by atoms with Gasteiger partial charge in [-0.3, -0.25) is 0 Å². The van der Waals surface area contributed by atoms with E-state index in [0.29, 0.717) is 12.8 Å². The van der Waals surface area contributed by atoms with Crippen LogP contribution < -0.4 is 0 Å². The van der Waals surface area contributed by atoms with Crippen molar-refractivity contribution in [1.82, 2.24) is 0 Å². The third kappa shape index (κ3) is 4.60. The zero-order valence-corrected chi connectivity index (χ0v) is 12.0. The van der Waals surface area contributed by atoms with E-state index in [9.17, 15) is 13.9 Å². The second-order valence-corrected chi connectivity index (χ2v) is 4.57. The lowest BCUT2D eigenvalue weighted by atomic mass is 10.1. The number of benzene rings is 1. The Morgan fingerprint density at radius 2 is 1.95 bits per heavy atom. The molecule has 20 heavy (non-hydrogen) atoms. The maximum atomic E-state index is 14.0. The lowest BCUT2D eigenvalue weighted by Gasteiger charge is -2.24. The number of aryl methyl sites for hydroxylation is 1. The summed E-state index contributed by atoms with van der Waals surface area (Å²) in [4.78, 5) is 0. The number of allylic oxidation sites excluding steroid dienone is 1. The Labute approximate surface area is 119 Å². The zero-order valence-electron chi connectivity index (χ0n) is 12.0. The summed E-state index contributed by atoms with van der Waals surface area (Å²) in [5.41, 5.74) is 1.08. The number of ether oxygens (including phenoxy) is 1. The Balaban J connectivity index is 2.72. The van der Waals surface area contributed by atoms with Crippen LogP contribution in [0, 0.1) is 0 Å². The minimum absolute atomic E-state index is 0.0178. The Morgan fingerprint density at radius 3 is 2.50 bits per heavy atom. The van der Waals surface area contributed by atoms with Gasteiger partial charge in [0.25, 0.3) is 0 Å². The normalized spacial score (nSPS) is 14.2. The lowest BCUT2D eigenvalue weighted by Crippen LogP contribution is -2.36. The SMILES string of the molecule is CCO/C(=C\CCc1ccccc1)C(F)(F)C(O)CC. The van der Waals surface area contributed by atoms with Crippen LogP contribution in [0.25, 0.3) is 0 Å². The van der Waals surface area contributed by atoms with Crippen molar-refractivity contribution >= 4 is 0 Å². The van der Waals surface area contributed by atoms with E-state index in [-0.39, 0.29) is 13.0 Å². The Bertz CT molecular complexity index is 416. The van der Waals surface area contributed by atoms with E-state index in [1.807, 2.05) is 30.3 Å². The molecule has 0 radical (unpaired) electrons. The summed E-state index contributed by atoms with van der Waals surface area (Å²) in [5, 5.41) is 9.43.